The summed E-state index contributed by atoms with van der Waals surface area (Å²) >= 11 is 0. The lowest BCUT2D eigenvalue weighted by Gasteiger charge is -2.42. The summed E-state index contributed by atoms with van der Waals surface area (Å²) < 4.78 is 0. The first kappa shape index (κ1) is 11.0. The van der Waals surface area contributed by atoms with Gasteiger partial charge in [-0.1, -0.05) is 42.5 Å². The summed E-state index contributed by atoms with van der Waals surface area (Å²) in [6.07, 6.45) is 5.23. The molecule has 0 bridgehead atoms. The number of nitrogens with two attached hydrogens (primary N) is 4. The Labute approximate surface area is 94.6 Å². The molecule has 4 nitrogen and oxygen atoms in total. The summed E-state index contributed by atoms with van der Waals surface area (Å²) in [6, 6.07) is 9.61. The van der Waals surface area contributed by atoms with Gasteiger partial charge >= 0.3 is 0 Å². The molecule has 1 aliphatic rings. The number of hydrogen-bond acceptors (Lipinski definition) is 4. The van der Waals surface area contributed by atoms with Crippen molar-refractivity contribution in [3.05, 3.63) is 54.1 Å². The zero-order chi connectivity index (χ0) is 11.8. The Balaban J connectivity index is 2.51. The van der Waals surface area contributed by atoms with E-state index in [1.807, 2.05) is 36.4 Å². The van der Waals surface area contributed by atoms with Gasteiger partial charge in [-0.15, -0.1) is 0 Å². The predicted molar refractivity (Wildman–Crippen MR) is 65.8 cm³/mol. The summed E-state index contributed by atoms with van der Waals surface area (Å²) in [5, 5.41) is 0. The topological polar surface area (TPSA) is 104 Å². The average molecular weight is 216 g/mol. The van der Waals surface area contributed by atoms with Crippen LogP contribution in [0, 0.1) is 0 Å². The van der Waals surface area contributed by atoms with Crippen molar-refractivity contribution in [3.8, 4) is 0 Å². The van der Waals surface area contributed by atoms with E-state index < -0.39 is 11.3 Å². The van der Waals surface area contributed by atoms with Crippen LogP contribution < -0.4 is 22.9 Å². The van der Waals surface area contributed by atoms with Gasteiger partial charge in [-0.25, -0.2) is 0 Å². The van der Waals surface area contributed by atoms with Gasteiger partial charge in [0.1, 0.15) is 11.3 Å². The third kappa shape index (κ3) is 1.58. The molecule has 0 saturated carbocycles. The molecule has 1 aromatic carbocycles. The smallest absolute Gasteiger partial charge is 0.126 e. The molecule has 0 aromatic heterocycles. The zero-order valence-corrected chi connectivity index (χ0v) is 8.93. The lowest BCUT2D eigenvalue weighted by atomic mass is 9.80. The second kappa shape index (κ2) is 3.54. The zero-order valence-electron chi connectivity index (χ0n) is 8.93. The van der Waals surface area contributed by atoms with Gasteiger partial charge in [-0.2, -0.15) is 0 Å². The monoisotopic (exact) mass is 216 g/mol. The number of benzene rings is 1. The van der Waals surface area contributed by atoms with Crippen molar-refractivity contribution in [2.75, 3.05) is 0 Å². The molecular weight excluding hydrogens is 200 g/mol. The normalized spacial score (nSPS) is 21.6. The Kier molecular flexibility index (Phi) is 2.44. The van der Waals surface area contributed by atoms with E-state index in [9.17, 15) is 0 Å². The van der Waals surface area contributed by atoms with E-state index in [4.69, 9.17) is 22.9 Å². The quantitative estimate of drug-likeness (QED) is 0.491. The van der Waals surface area contributed by atoms with Gasteiger partial charge in [0.25, 0.3) is 0 Å². The lowest BCUT2D eigenvalue weighted by Crippen LogP contribution is -2.76. The van der Waals surface area contributed by atoms with Crippen molar-refractivity contribution in [2.45, 2.75) is 11.3 Å². The fourth-order valence-electron chi connectivity index (χ4n) is 1.77. The Bertz CT molecular complexity index is 443. The molecule has 1 aromatic rings. The molecule has 0 atom stereocenters. The maximum absolute atomic E-state index is 6.04. The molecule has 0 amide bonds. The van der Waals surface area contributed by atoms with Crippen LogP contribution in [0.15, 0.2) is 48.6 Å². The van der Waals surface area contributed by atoms with Gasteiger partial charge in [-0.3, -0.25) is 0 Å². The van der Waals surface area contributed by atoms with Gasteiger partial charge in [-0.05, 0) is 17.2 Å². The second-order valence-corrected chi connectivity index (χ2v) is 4.11. The Morgan fingerprint density at radius 3 is 2.12 bits per heavy atom. The molecule has 2 rings (SSSR count). The summed E-state index contributed by atoms with van der Waals surface area (Å²) in [7, 11) is 0. The minimum absolute atomic E-state index is 0.737. The van der Waals surface area contributed by atoms with Gasteiger partial charge < -0.3 is 22.9 Å². The largest absolute Gasteiger partial charge is 0.307 e. The summed E-state index contributed by atoms with van der Waals surface area (Å²) in [5.41, 5.74) is 23.0. The molecule has 0 aliphatic heterocycles. The van der Waals surface area contributed by atoms with Gasteiger partial charge in [0.15, 0.2) is 0 Å². The number of allylic oxidation sites excluding steroid dienone is 2. The van der Waals surface area contributed by atoms with Crippen LogP contribution in [0.5, 0.6) is 0 Å². The van der Waals surface area contributed by atoms with E-state index in [1.54, 1.807) is 12.2 Å². The highest BCUT2D eigenvalue weighted by atomic mass is 15.1. The van der Waals surface area contributed by atoms with Crippen LogP contribution >= 0.6 is 0 Å². The summed E-state index contributed by atoms with van der Waals surface area (Å²) in [6.45, 7) is 0. The molecule has 0 saturated heterocycles. The van der Waals surface area contributed by atoms with E-state index in [2.05, 4.69) is 0 Å². The van der Waals surface area contributed by atoms with Crippen molar-refractivity contribution >= 4 is 5.57 Å². The molecule has 0 heterocycles. The second-order valence-electron chi connectivity index (χ2n) is 4.11. The van der Waals surface area contributed by atoms with Gasteiger partial charge in [0, 0.05) is 0 Å². The third-order valence-electron chi connectivity index (χ3n) is 2.88. The average Bonchev–Trinajstić information content (AvgIpc) is 2.23. The van der Waals surface area contributed by atoms with Crippen LogP contribution in [0.4, 0.5) is 0 Å². The minimum atomic E-state index is -1.27. The van der Waals surface area contributed by atoms with Crippen molar-refractivity contribution in [2.24, 2.45) is 22.9 Å². The molecule has 0 radical (unpaired) electrons. The highest BCUT2D eigenvalue weighted by Gasteiger charge is 2.43. The van der Waals surface area contributed by atoms with E-state index >= 15 is 0 Å². The Morgan fingerprint density at radius 2 is 1.50 bits per heavy atom. The lowest BCUT2D eigenvalue weighted by molar-refractivity contribution is 0.360. The highest BCUT2D eigenvalue weighted by molar-refractivity contribution is 5.77. The number of rotatable bonds is 1. The van der Waals surface area contributed by atoms with Gasteiger partial charge in [0.2, 0.25) is 0 Å². The van der Waals surface area contributed by atoms with Crippen molar-refractivity contribution in [1.82, 2.24) is 0 Å². The van der Waals surface area contributed by atoms with Crippen LogP contribution in [0.1, 0.15) is 5.56 Å². The molecule has 16 heavy (non-hydrogen) atoms. The highest BCUT2D eigenvalue weighted by Crippen LogP contribution is 2.30. The first-order valence-corrected chi connectivity index (χ1v) is 5.06. The van der Waals surface area contributed by atoms with Crippen LogP contribution in [0.2, 0.25) is 0 Å². The van der Waals surface area contributed by atoms with Crippen LogP contribution in [0.25, 0.3) is 5.57 Å². The Morgan fingerprint density at radius 1 is 0.875 bits per heavy atom. The standard InChI is InChI=1S/C12H16N4/c13-11(14)8-4-7-10(12(11,15)16)9-5-2-1-3-6-9/h1-8H,13-16H2. The van der Waals surface area contributed by atoms with Crippen LogP contribution in [-0.4, -0.2) is 11.3 Å². The van der Waals surface area contributed by atoms with Crippen molar-refractivity contribution in [1.29, 1.82) is 0 Å². The molecule has 0 unspecified atom stereocenters. The van der Waals surface area contributed by atoms with Crippen LogP contribution in [-0.2, 0) is 0 Å². The minimum Gasteiger partial charge on any atom is -0.307 e. The summed E-state index contributed by atoms with van der Waals surface area (Å²) in [5.74, 6) is 0. The fourth-order valence-corrected chi connectivity index (χ4v) is 1.77. The summed E-state index contributed by atoms with van der Waals surface area (Å²) in [4.78, 5) is 0. The van der Waals surface area contributed by atoms with Crippen LogP contribution in [0.3, 0.4) is 0 Å². The maximum Gasteiger partial charge on any atom is 0.126 e. The van der Waals surface area contributed by atoms with E-state index in [0.29, 0.717) is 0 Å². The van der Waals surface area contributed by atoms with Crippen molar-refractivity contribution in [3.63, 3.8) is 0 Å². The molecule has 4 heteroatoms. The molecule has 1 aliphatic carbocycles. The molecule has 84 valence electrons. The molecule has 0 fully saturated rings. The van der Waals surface area contributed by atoms with E-state index in [-0.39, 0.29) is 0 Å². The van der Waals surface area contributed by atoms with E-state index in [1.165, 1.54) is 0 Å². The maximum atomic E-state index is 6.04. The third-order valence-corrected chi connectivity index (χ3v) is 2.88. The van der Waals surface area contributed by atoms with E-state index in [0.717, 1.165) is 11.1 Å². The number of hydrogen-bond donors (Lipinski definition) is 4. The first-order valence-electron chi connectivity index (χ1n) is 5.06. The fraction of sp³-hybridized carbons (Fsp3) is 0.167. The van der Waals surface area contributed by atoms with Gasteiger partial charge in [0.05, 0.1) is 0 Å². The Hall–Kier alpha value is -1.46. The SMILES string of the molecule is NC1(N)C=CC=C(c2ccccc2)C1(N)N. The molecule has 8 N–H and O–H groups in total. The van der Waals surface area contributed by atoms with Crippen molar-refractivity contribution < 1.29 is 0 Å². The first-order chi connectivity index (χ1) is 7.45. The molecule has 0 spiro atoms. The molecular formula is C12H16N4. The predicted octanol–water partition coefficient (Wildman–Crippen LogP) is -0.133.